The highest BCUT2D eigenvalue weighted by atomic mass is 19.2. The molecule has 0 aromatic heterocycles. The maximum atomic E-state index is 12.0. The van der Waals surface area contributed by atoms with Gasteiger partial charge < -0.3 is 0 Å². The molecule has 1 rings (SSSR count). The first-order valence-corrected chi connectivity index (χ1v) is 2.24. The van der Waals surface area contributed by atoms with E-state index in [4.69, 9.17) is 0 Å². The van der Waals surface area contributed by atoms with Gasteiger partial charge in [-0.1, -0.05) is 0 Å². The Morgan fingerprint density at radius 3 is 2.75 bits per heavy atom. The molecule has 44 valence electrons. The molecule has 0 radical (unpaired) electrons. The third-order valence-corrected chi connectivity index (χ3v) is 0.827. The normalized spacial score (nSPS) is 18.8. The molecular weight excluding hydrogens is 112 g/mol. The summed E-state index contributed by atoms with van der Waals surface area (Å²) in [6.07, 6.45) is 3.72. The largest absolute Gasteiger partial charge is 0.212 e. The number of halogens is 2. The fraction of sp³-hybridized carbons (Fsp3) is 0.200. The molecule has 1 aliphatic heterocycles. The first-order chi connectivity index (χ1) is 3.79. The molecule has 1 aliphatic rings. The van der Waals surface area contributed by atoms with Crippen LogP contribution < -0.4 is 0 Å². The van der Waals surface area contributed by atoms with Crippen LogP contribution in [0.3, 0.4) is 0 Å². The Bertz CT molecular complexity index is 139. The van der Waals surface area contributed by atoms with Gasteiger partial charge in [0.2, 0.25) is 0 Å². The summed E-state index contributed by atoms with van der Waals surface area (Å²) in [4.78, 5) is 0. The predicted molar refractivity (Wildman–Crippen MR) is 26.1 cm³/mol. The molecule has 3 heteroatoms. The van der Waals surface area contributed by atoms with Gasteiger partial charge in [-0.15, -0.1) is 4.48 Å². The fourth-order valence-corrected chi connectivity index (χ4v) is 0.491. The molecule has 0 unspecified atom stereocenters. The molecule has 1 heterocycles. The van der Waals surface area contributed by atoms with Crippen molar-refractivity contribution in [1.29, 1.82) is 0 Å². The van der Waals surface area contributed by atoms with Crippen LogP contribution in [0.1, 0.15) is 0 Å². The van der Waals surface area contributed by atoms with E-state index in [0.29, 0.717) is 0 Å². The lowest BCUT2D eigenvalue weighted by Crippen LogP contribution is -2.09. The Hall–Kier alpha value is -0.860. The molecule has 0 aliphatic carbocycles. The van der Waals surface area contributed by atoms with Crippen molar-refractivity contribution in [2.45, 2.75) is 0 Å². The maximum absolute atomic E-state index is 12.0. The highest BCUT2D eigenvalue weighted by Crippen LogP contribution is 2.07. The smallest absolute Gasteiger partial charge is 0.122 e. The Balaban J connectivity index is 2.59. The number of nitrogens with zero attached hydrogens (tertiary/aromatic N) is 1. The molecule has 0 aromatic carbocycles. The molecule has 0 atom stereocenters. The van der Waals surface area contributed by atoms with Crippen LogP contribution in [-0.2, 0) is 0 Å². The van der Waals surface area contributed by atoms with E-state index in [-0.39, 0.29) is 11.7 Å². The van der Waals surface area contributed by atoms with Crippen molar-refractivity contribution in [2.75, 3.05) is 6.54 Å². The van der Waals surface area contributed by atoms with Crippen molar-refractivity contribution in [1.82, 2.24) is 5.12 Å². The fourth-order valence-electron chi connectivity index (χ4n) is 0.491. The van der Waals surface area contributed by atoms with Crippen LogP contribution in [0.5, 0.6) is 0 Å². The first-order valence-electron chi connectivity index (χ1n) is 2.24. The monoisotopic (exact) mass is 117 g/mol. The lowest BCUT2D eigenvalue weighted by atomic mass is 10.4. The molecular formula is C5H5F2N. The van der Waals surface area contributed by atoms with Crippen LogP contribution in [0.25, 0.3) is 0 Å². The van der Waals surface area contributed by atoms with Gasteiger partial charge in [-0.05, 0) is 12.2 Å². The van der Waals surface area contributed by atoms with Crippen molar-refractivity contribution in [2.24, 2.45) is 0 Å². The molecule has 8 heavy (non-hydrogen) atoms. The minimum atomic E-state index is -0.449. The van der Waals surface area contributed by atoms with Gasteiger partial charge in [-0.3, -0.25) is 0 Å². The van der Waals surface area contributed by atoms with Gasteiger partial charge in [-0.2, -0.15) is 0 Å². The van der Waals surface area contributed by atoms with E-state index in [9.17, 15) is 8.87 Å². The second-order valence-electron chi connectivity index (χ2n) is 1.51. The summed E-state index contributed by atoms with van der Waals surface area (Å²) >= 11 is 0. The quantitative estimate of drug-likeness (QED) is 0.435. The molecule has 0 aromatic rings. The Morgan fingerprint density at radius 1 is 1.62 bits per heavy atom. The first kappa shape index (κ1) is 5.28. The van der Waals surface area contributed by atoms with E-state index in [0.717, 1.165) is 0 Å². The summed E-state index contributed by atoms with van der Waals surface area (Å²) < 4.78 is 23.9. The van der Waals surface area contributed by atoms with Crippen LogP contribution in [0.4, 0.5) is 8.87 Å². The second kappa shape index (κ2) is 1.94. The Morgan fingerprint density at radius 2 is 2.38 bits per heavy atom. The van der Waals surface area contributed by atoms with Gasteiger partial charge in [-0.25, -0.2) is 9.51 Å². The van der Waals surface area contributed by atoms with Gasteiger partial charge in [0.15, 0.2) is 0 Å². The number of hydrogen-bond donors (Lipinski definition) is 0. The van der Waals surface area contributed by atoms with Crippen LogP contribution >= 0.6 is 0 Å². The van der Waals surface area contributed by atoms with Gasteiger partial charge in [0, 0.05) is 6.20 Å². The number of allylic oxidation sites excluding steroid dienone is 2. The van der Waals surface area contributed by atoms with Gasteiger partial charge in [0.1, 0.15) is 12.4 Å². The van der Waals surface area contributed by atoms with Gasteiger partial charge in [0.25, 0.3) is 0 Å². The summed E-state index contributed by atoms with van der Waals surface area (Å²) in [5.74, 6) is -0.449. The molecule has 0 bridgehead atoms. The van der Waals surface area contributed by atoms with Crippen LogP contribution in [0.15, 0.2) is 24.2 Å². The van der Waals surface area contributed by atoms with Crippen LogP contribution in [0, 0.1) is 0 Å². The standard InChI is InChI=1S/C5H5F2N/c6-5-2-1-3-8(7)4-5/h1-3H,4H2. The average Bonchev–Trinajstić information content (AvgIpc) is 1.64. The number of hydrogen-bond acceptors (Lipinski definition) is 1. The molecule has 0 saturated heterocycles. The predicted octanol–water partition coefficient (Wildman–Crippen LogP) is 1.55. The Labute approximate surface area is 45.8 Å². The van der Waals surface area contributed by atoms with Crippen LogP contribution in [0.2, 0.25) is 0 Å². The topological polar surface area (TPSA) is 3.24 Å². The highest BCUT2D eigenvalue weighted by Gasteiger charge is 2.02. The maximum Gasteiger partial charge on any atom is 0.122 e. The molecule has 0 amide bonds. The number of rotatable bonds is 0. The third kappa shape index (κ3) is 1.05. The summed E-state index contributed by atoms with van der Waals surface area (Å²) in [6, 6.07) is 0. The van der Waals surface area contributed by atoms with Gasteiger partial charge >= 0.3 is 0 Å². The van der Waals surface area contributed by atoms with E-state index >= 15 is 0 Å². The van der Waals surface area contributed by atoms with E-state index in [1.165, 1.54) is 18.4 Å². The van der Waals surface area contributed by atoms with Crippen molar-refractivity contribution in [3.63, 3.8) is 0 Å². The van der Waals surface area contributed by atoms with E-state index in [1.807, 2.05) is 0 Å². The second-order valence-corrected chi connectivity index (χ2v) is 1.51. The summed E-state index contributed by atoms with van der Waals surface area (Å²) in [5.41, 5.74) is 0. The van der Waals surface area contributed by atoms with Gasteiger partial charge in [0.05, 0.1) is 0 Å². The van der Waals surface area contributed by atoms with Crippen molar-refractivity contribution < 1.29 is 8.87 Å². The lowest BCUT2D eigenvalue weighted by Gasteiger charge is -2.08. The van der Waals surface area contributed by atoms with E-state index in [2.05, 4.69) is 0 Å². The van der Waals surface area contributed by atoms with Crippen molar-refractivity contribution in [3.05, 3.63) is 24.2 Å². The molecule has 1 nitrogen and oxygen atoms in total. The zero-order valence-electron chi connectivity index (χ0n) is 4.14. The van der Waals surface area contributed by atoms with Crippen molar-refractivity contribution >= 4 is 0 Å². The molecule has 0 saturated carbocycles. The summed E-state index contributed by atoms with van der Waals surface area (Å²) in [7, 11) is 0. The summed E-state index contributed by atoms with van der Waals surface area (Å²) in [6.45, 7) is -0.253. The lowest BCUT2D eigenvalue weighted by molar-refractivity contribution is 0.0929. The minimum absolute atomic E-state index is 0.253. The molecule has 0 spiro atoms. The third-order valence-electron chi connectivity index (χ3n) is 0.827. The Kier molecular flexibility index (Phi) is 1.28. The van der Waals surface area contributed by atoms with E-state index < -0.39 is 5.83 Å². The summed E-state index contributed by atoms with van der Waals surface area (Å²) in [5, 5.41) is 0.287. The highest BCUT2D eigenvalue weighted by molar-refractivity contribution is 5.11. The van der Waals surface area contributed by atoms with E-state index in [1.54, 1.807) is 0 Å². The zero-order chi connectivity index (χ0) is 5.98. The molecule has 0 N–H and O–H groups in total. The van der Waals surface area contributed by atoms with Crippen LogP contribution in [-0.4, -0.2) is 11.7 Å². The minimum Gasteiger partial charge on any atom is -0.212 e. The average molecular weight is 117 g/mol. The SMILES string of the molecule is FC1=CC=CN(F)C1. The zero-order valence-corrected chi connectivity index (χ0v) is 4.14. The van der Waals surface area contributed by atoms with Crippen molar-refractivity contribution in [3.8, 4) is 0 Å². The molecule has 0 fully saturated rings.